The SMILES string of the molecule is C=C(C)C(=O)N1CCO1. The van der Waals surface area contributed by atoms with E-state index in [0.29, 0.717) is 18.7 Å². The number of hydrogen-bond donors (Lipinski definition) is 0. The van der Waals surface area contributed by atoms with Crippen molar-refractivity contribution in [2.45, 2.75) is 6.92 Å². The van der Waals surface area contributed by atoms with Crippen molar-refractivity contribution in [2.75, 3.05) is 13.2 Å². The molecule has 1 saturated heterocycles. The molecule has 0 unspecified atom stereocenters. The Morgan fingerprint density at radius 2 is 2.33 bits per heavy atom. The average molecular weight is 127 g/mol. The molecule has 1 heterocycles. The van der Waals surface area contributed by atoms with Crippen molar-refractivity contribution in [1.29, 1.82) is 0 Å². The molecule has 1 aliphatic rings. The number of amides is 1. The van der Waals surface area contributed by atoms with E-state index in [1.807, 2.05) is 0 Å². The smallest absolute Gasteiger partial charge is 0.269 e. The van der Waals surface area contributed by atoms with E-state index in [2.05, 4.69) is 6.58 Å². The molecule has 0 aromatic heterocycles. The first-order valence-corrected chi connectivity index (χ1v) is 2.82. The number of carbonyl (C=O) groups is 1. The van der Waals surface area contributed by atoms with Gasteiger partial charge in [0.15, 0.2) is 0 Å². The second-order valence-electron chi connectivity index (χ2n) is 2.02. The molecule has 3 nitrogen and oxygen atoms in total. The van der Waals surface area contributed by atoms with Crippen LogP contribution in [0.25, 0.3) is 0 Å². The van der Waals surface area contributed by atoms with Crippen molar-refractivity contribution in [3.63, 3.8) is 0 Å². The summed E-state index contributed by atoms with van der Waals surface area (Å²) < 4.78 is 0. The predicted octanol–water partition coefficient (Wildman–Crippen LogP) is 0.336. The minimum absolute atomic E-state index is 0.110. The molecule has 1 fully saturated rings. The third kappa shape index (κ3) is 1.10. The minimum atomic E-state index is -0.110. The Morgan fingerprint density at radius 3 is 2.44 bits per heavy atom. The van der Waals surface area contributed by atoms with Gasteiger partial charge in [-0.3, -0.25) is 9.63 Å². The fourth-order valence-electron chi connectivity index (χ4n) is 0.556. The molecule has 0 N–H and O–H groups in total. The second kappa shape index (κ2) is 2.19. The molecular formula is C6H9NO2. The fraction of sp³-hybridized carbons (Fsp3) is 0.500. The van der Waals surface area contributed by atoms with Gasteiger partial charge in [-0.05, 0) is 6.92 Å². The fourth-order valence-corrected chi connectivity index (χ4v) is 0.556. The van der Waals surface area contributed by atoms with Crippen LogP contribution in [0.2, 0.25) is 0 Å². The van der Waals surface area contributed by atoms with E-state index in [1.54, 1.807) is 6.92 Å². The summed E-state index contributed by atoms with van der Waals surface area (Å²) in [6.45, 7) is 6.51. The number of rotatable bonds is 1. The van der Waals surface area contributed by atoms with E-state index in [0.717, 1.165) is 0 Å². The van der Waals surface area contributed by atoms with Gasteiger partial charge < -0.3 is 0 Å². The van der Waals surface area contributed by atoms with Gasteiger partial charge in [-0.25, -0.2) is 5.06 Å². The Bertz CT molecular complexity index is 149. The Hall–Kier alpha value is -0.830. The van der Waals surface area contributed by atoms with E-state index in [4.69, 9.17) is 4.84 Å². The summed E-state index contributed by atoms with van der Waals surface area (Å²) in [4.78, 5) is 15.6. The normalized spacial score (nSPS) is 16.8. The van der Waals surface area contributed by atoms with Gasteiger partial charge in [0.05, 0.1) is 13.2 Å². The first-order valence-electron chi connectivity index (χ1n) is 2.82. The molecule has 0 radical (unpaired) electrons. The van der Waals surface area contributed by atoms with E-state index < -0.39 is 0 Å². The van der Waals surface area contributed by atoms with Crippen molar-refractivity contribution in [3.05, 3.63) is 12.2 Å². The van der Waals surface area contributed by atoms with Crippen LogP contribution in [0.3, 0.4) is 0 Å². The van der Waals surface area contributed by atoms with Crippen LogP contribution in [0.15, 0.2) is 12.2 Å². The zero-order valence-corrected chi connectivity index (χ0v) is 5.39. The molecule has 0 atom stereocenters. The molecule has 0 aromatic rings. The number of hydroxylamine groups is 2. The van der Waals surface area contributed by atoms with Crippen LogP contribution in [0.5, 0.6) is 0 Å². The van der Waals surface area contributed by atoms with Crippen LogP contribution < -0.4 is 0 Å². The highest BCUT2D eigenvalue weighted by molar-refractivity contribution is 5.91. The van der Waals surface area contributed by atoms with Gasteiger partial charge in [0.2, 0.25) is 0 Å². The summed E-state index contributed by atoms with van der Waals surface area (Å²) >= 11 is 0. The van der Waals surface area contributed by atoms with Crippen LogP contribution >= 0.6 is 0 Å². The van der Waals surface area contributed by atoms with Crippen LogP contribution in [-0.4, -0.2) is 24.1 Å². The number of carbonyl (C=O) groups excluding carboxylic acids is 1. The number of hydrogen-bond acceptors (Lipinski definition) is 2. The lowest BCUT2D eigenvalue weighted by atomic mass is 10.3. The minimum Gasteiger partial charge on any atom is -0.269 e. The van der Waals surface area contributed by atoms with Gasteiger partial charge >= 0.3 is 0 Å². The lowest BCUT2D eigenvalue weighted by Gasteiger charge is -2.29. The van der Waals surface area contributed by atoms with Crippen molar-refractivity contribution >= 4 is 5.91 Å². The topological polar surface area (TPSA) is 29.5 Å². The van der Waals surface area contributed by atoms with Gasteiger partial charge in [-0.2, -0.15) is 0 Å². The molecule has 3 heteroatoms. The molecule has 1 rings (SSSR count). The maximum atomic E-state index is 10.8. The maximum Gasteiger partial charge on any atom is 0.272 e. The standard InChI is InChI=1S/C6H9NO2/c1-5(2)6(8)7-3-4-9-7/h1,3-4H2,2H3. The lowest BCUT2D eigenvalue weighted by molar-refractivity contribution is -0.235. The monoisotopic (exact) mass is 127 g/mol. The van der Waals surface area contributed by atoms with Crippen LogP contribution in [-0.2, 0) is 9.63 Å². The second-order valence-corrected chi connectivity index (χ2v) is 2.02. The molecule has 9 heavy (non-hydrogen) atoms. The lowest BCUT2D eigenvalue weighted by Crippen LogP contribution is -2.44. The molecule has 0 aromatic carbocycles. The summed E-state index contributed by atoms with van der Waals surface area (Å²) in [5.74, 6) is -0.110. The van der Waals surface area contributed by atoms with Crippen molar-refractivity contribution in [1.82, 2.24) is 5.06 Å². The van der Waals surface area contributed by atoms with Crippen molar-refractivity contribution in [2.24, 2.45) is 0 Å². The summed E-state index contributed by atoms with van der Waals surface area (Å²) in [6, 6.07) is 0. The van der Waals surface area contributed by atoms with E-state index in [-0.39, 0.29) is 5.91 Å². The molecule has 1 amide bonds. The summed E-state index contributed by atoms with van der Waals surface area (Å²) in [5, 5.41) is 1.31. The van der Waals surface area contributed by atoms with Gasteiger partial charge in [-0.15, -0.1) is 0 Å². The highest BCUT2D eigenvalue weighted by Gasteiger charge is 2.21. The summed E-state index contributed by atoms with van der Waals surface area (Å²) in [7, 11) is 0. The van der Waals surface area contributed by atoms with Crippen LogP contribution in [0.4, 0.5) is 0 Å². The third-order valence-electron chi connectivity index (χ3n) is 1.13. The third-order valence-corrected chi connectivity index (χ3v) is 1.13. The summed E-state index contributed by atoms with van der Waals surface area (Å²) in [6.07, 6.45) is 0. The molecule has 0 aliphatic carbocycles. The number of nitrogens with zero attached hydrogens (tertiary/aromatic N) is 1. The highest BCUT2D eigenvalue weighted by atomic mass is 16.7. The van der Waals surface area contributed by atoms with E-state index in [9.17, 15) is 4.79 Å². The van der Waals surface area contributed by atoms with Crippen LogP contribution in [0.1, 0.15) is 6.92 Å². The molecule has 1 aliphatic heterocycles. The molecule has 0 saturated carbocycles. The maximum absolute atomic E-state index is 10.8. The van der Waals surface area contributed by atoms with Gasteiger partial charge in [0.25, 0.3) is 5.91 Å². The van der Waals surface area contributed by atoms with Gasteiger partial charge in [0, 0.05) is 5.57 Å². The van der Waals surface area contributed by atoms with Crippen molar-refractivity contribution < 1.29 is 9.63 Å². The highest BCUT2D eigenvalue weighted by Crippen LogP contribution is 2.06. The molecule has 50 valence electrons. The summed E-state index contributed by atoms with van der Waals surface area (Å²) in [5.41, 5.74) is 0.523. The van der Waals surface area contributed by atoms with Crippen LogP contribution in [0, 0.1) is 0 Å². The Morgan fingerprint density at radius 1 is 1.78 bits per heavy atom. The predicted molar refractivity (Wildman–Crippen MR) is 32.5 cm³/mol. The Balaban J connectivity index is 2.42. The van der Waals surface area contributed by atoms with Gasteiger partial charge in [0.1, 0.15) is 0 Å². The first-order chi connectivity index (χ1) is 4.22. The molecule has 0 bridgehead atoms. The van der Waals surface area contributed by atoms with Gasteiger partial charge in [-0.1, -0.05) is 6.58 Å². The van der Waals surface area contributed by atoms with Crippen molar-refractivity contribution in [3.8, 4) is 0 Å². The Kier molecular flexibility index (Phi) is 1.53. The zero-order valence-electron chi connectivity index (χ0n) is 5.39. The van der Waals surface area contributed by atoms with E-state index >= 15 is 0 Å². The first kappa shape index (κ1) is 6.29. The average Bonchev–Trinajstić information content (AvgIpc) is 1.60. The largest absolute Gasteiger partial charge is 0.272 e. The molecule has 0 spiro atoms. The quantitative estimate of drug-likeness (QED) is 0.475. The van der Waals surface area contributed by atoms with E-state index in [1.165, 1.54) is 5.06 Å². The molecular weight excluding hydrogens is 118 g/mol. The zero-order chi connectivity index (χ0) is 6.85. The Labute approximate surface area is 53.9 Å².